The van der Waals surface area contributed by atoms with E-state index in [0.29, 0.717) is 33.8 Å². The summed E-state index contributed by atoms with van der Waals surface area (Å²) in [6.45, 7) is 0.284. The standard InChI is InChI=1S/C26H30N4O4S/c1-30(2)19-9-10-20-23(14-19)35-26(28-20)29-25(32)17-7-5-6-16(12-17)15-27-24(31)18-8-11-21(33-3)22(13-18)34-4/h5-8,11-13,19H,9-10,14-15H2,1-4H3,(H,27,31)(H,28,29,32). The molecule has 1 atom stereocenters. The number of rotatable bonds is 8. The normalized spacial score (nSPS) is 14.8. The van der Waals surface area contributed by atoms with E-state index in [-0.39, 0.29) is 18.4 Å². The number of nitrogens with zero attached hydrogens (tertiary/aromatic N) is 2. The number of likely N-dealkylation sites (N-methyl/N-ethyl adjacent to an activating group) is 1. The second kappa shape index (κ2) is 10.9. The maximum Gasteiger partial charge on any atom is 0.257 e. The Morgan fingerprint density at radius 3 is 2.57 bits per heavy atom. The molecule has 184 valence electrons. The Balaban J connectivity index is 1.38. The van der Waals surface area contributed by atoms with Gasteiger partial charge in [-0.05, 0) is 69.3 Å². The predicted molar refractivity (Wildman–Crippen MR) is 137 cm³/mol. The minimum absolute atomic E-state index is 0.215. The lowest BCUT2D eigenvalue weighted by atomic mass is 9.97. The number of aryl methyl sites for hydroxylation is 1. The zero-order valence-electron chi connectivity index (χ0n) is 20.4. The smallest absolute Gasteiger partial charge is 0.257 e. The molecule has 0 spiro atoms. The van der Waals surface area contributed by atoms with Crippen molar-refractivity contribution in [3.8, 4) is 11.5 Å². The molecule has 1 aromatic heterocycles. The molecule has 0 radical (unpaired) electrons. The Kier molecular flexibility index (Phi) is 7.67. The molecule has 1 aliphatic rings. The predicted octanol–water partition coefficient (Wildman–Crippen LogP) is 3.76. The van der Waals surface area contributed by atoms with Crippen molar-refractivity contribution in [2.75, 3.05) is 33.6 Å². The molecule has 0 fully saturated rings. The molecule has 1 heterocycles. The molecule has 0 saturated carbocycles. The summed E-state index contributed by atoms with van der Waals surface area (Å²) in [4.78, 5) is 33.6. The number of carbonyl (C=O) groups excluding carboxylic acids is 2. The number of hydrogen-bond acceptors (Lipinski definition) is 7. The van der Waals surface area contributed by atoms with Crippen LogP contribution in [0.3, 0.4) is 0 Å². The van der Waals surface area contributed by atoms with E-state index < -0.39 is 0 Å². The maximum absolute atomic E-state index is 12.9. The highest BCUT2D eigenvalue weighted by atomic mass is 32.1. The average molecular weight is 495 g/mol. The Labute approximate surface area is 209 Å². The van der Waals surface area contributed by atoms with Crippen molar-refractivity contribution in [2.45, 2.75) is 31.8 Å². The topological polar surface area (TPSA) is 92.8 Å². The number of thiazole rings is 1. The van der Waals surface area contributed by atoms with Crippen molar-refractivity contribution in [2.24, 2.45) is 0 Å². The molecule has 1 unspecified atom stereocenters. The fourth-order valence-electron chi connectivity index (χ4n) is 4.11. The first-order valence-electron chi connectivity index (χ1n) is 11.4. The summed E-state index contributed by atoms with van der Waals surface area (Å²) in [7, 11) is 7.27. The van der Waals surface area contributed by atoms with Gasteiger partial charge in [-0.15, -0.1) is 11.3 Å². The van der Waals surface area contributed by atoms with Gasteiger partial charge in [-0.1, -0.05) is 12.1 Å². The summed E-state index contributed by atoms with van der Waals surface area (Å²) in [5, 5.41) is 6.46. The van der Waals surface area contributed by atoms with E-state index in [1.807, 2.05) is 6.07 Å². The monoisotopic (exact) mass is 494 g/mol. The van der Waals surface area contributed by atoms with Gasteiger partial charge in [0.15, 0.2) is 16.6 Å². The van der Waals surface area contributed by atoms with Crippen LogP contribution in [0.25, 0.3) is 0 Å². The van der Waals surface area contributed by atoms with E-state index in [2.05, 4.69) is 34.6 Å². The van der Waals surface area contributed by atoms with Gasteiger partial charge in [-0.25, -0.2) is 4.98 Å². The van der Waals surface area contributed by atoms with Gasteiger partial charge in [-0.3, -0.25) is 14.9 Å². The van der Waals surface area contributed by atoms with Crippen LogP contribution >= 0.6 is 11.3 Å². The van der Waals surface area contributed by atoms with E-state index in [9.17, 15) is 9.59 Å². The quantitative estimate of drug-likeness (QED) is 0.495. The number of amides is 2. The van der Waals surface area contributed by atoms with Crippen molar-refractivity contribution >= 4 is 28.3 Å². The lowest BCUT2D eigenvalue weighted by molar-refractivity contribution is 0.0950. The van der Waals surface area contributed by atoms with Gasteiger partial charge in [0.05, 0.1) is 19.9 Å². The van der Waals surface area contributed by atoms with Crippen LogP contribution in [0.2, 0.25) is 0 Å². The number of carbonyl (C=O) groups is 2. The summed E-state index contributed by atoms with van der Waals surface area (Å²) >= 11 is 1.56. The third-order valence-corrected chi connectivity index (χ3v) is 7.19. The maximum atomic E-state index is 12.9. The average Bonchev–Trinajstić information content (AvgIpc) is 3.28. The molecular formula is C26H30N4O4S. The van der Waals surface area contributed by atoms with Crippen LogP contribution in [0.5, 0.6) is 11.5 Å². The molecule has 0 saturated heterocycles. The highest BCUT2D eigenvalue weighted by molar-refractivity contribution is 7.15. The van der Waals surface area contributed by atoms with Crippen LogP contribution in [0.15, 0.2) is 42.5 Å². The number of fused-ring (bicyclic) bond motifs is 1. The Morgan fingerprint density at radius 1 is 1.06 bits per heavy atom. The van der Waals surface area contributed by atoms with Crippen molar-refractivity contribution in [1.82, 2.24) is 15.2 Å². The largest absolute Gasteiger partial charge is 0.493 e. The number of nitrogens with one attached hydrogen (secondary N) is 2. The summed E-state index contributed by atoms with van der Waals surface area (Å²) < 4.78 is 10.5. The zero-order chi connectivity index (χ0) is 24.9. The van der Waals surface area contributed by atoms with Crippen LogP contribution in [0, 0.1) is 0 Å². The summed E-state index contributed by atoms with van der Waals surface area (Å²) in [6, 6.07) is 12.7. The Hall–Kier alpha value is -3.43. The minimum Gasteiger partial charge on any atom is -0.493 e. The number of ether oxygens (including phenoxy) is 2. The molecule has 1 aliphatic carbocycles. The zero-order valence-corrected chi connectivity index (χ0v) is 21.2. The molecule has 2 N–H and O–H groups in total. The van der Waals surface area contributed by atoms with E-state index >= 15 is 0 Å². The lowest BCUT2D eigenvalue weighted by Gasteiger charge is -2.27. The van der Waals surface area contributed by atoms with Gasteiger partial charge in [-0.2, -0.15) is 0 Å². The second-order valence-electron chi connectivity index (χ2n) is 8.66. The fraction of sp³-hybridized carbons (Fsp3) is 0.346. The van der Waals surface area contributed by atoms with Crippen LogP contribution < -0.4 is 20.1 Å². The third-order valence-electron chi connectivity index (χ3n) is 6.15. The van der Waals surface area contributed by atoms with Crippen molar-refractivity contribution in [3.63, 3.8) is 0 Å². The Bertz CT molecular complexity index is 1220. The molecule has 3 aromatic rings. The van der Waals surface area contributed by atoms with E-state index in [4.69, 9.17) is 9.47 Å². The van der Waals surface area contributed by atoms with Crippen molar-refractivity contribution in [1.29, 1.82) is 0 Å². The van der Waals surface area contributed by atoms with Gasteiger partial charge < -0.3 is 19.7 Å². The number of aromatic nitrogens is 1. The summed E-state index contributed by atoms with van der Waals surface area (Å²) in [5.41, 5.74) is 2.89. The van der Waals surface area contributed by atoms with Crippen molar-refractivity contribution in [3.05, 3.63) is 69.7 Å². The lowest BCUT2D eigenvalue weighted by Crippen LogP contribution is -2.32. The molecular weight excluding hydrogens is 464 g/mol. The Morgan fingerprint density at radius 2 is 1.83 bits per heavy atom. The van der Waals surface area contributed by atoms with E-state index in [1.165, 1.54) is 12.0 Å². The second-order valence-corrected chi connectivity index (χ2v) is 9.74. The molecule has 0 bridgehead atoms. The molecule has 0 aliphatic heterocycles. The van der Waals surface area contributed by atoms with Gasteiger partial charge >= 0.3 is 0 Å². The first-order valence-corrected chi connectivity index (χ1v) is 12.2. The molecule has 4 rings (SSSR count). The van der Waals surface area contributed by atoms with Crippen LogP contribution in [-0.4, -0.2) is 56.1 Å². The number of anilines is 1. The molecule has 9 heteroatoms. The highest BCUT2D eigenvalue weighted by Gasteiger charge is 2.24. The summed E-state index contributed by atoms with van der Waals surface area (Å²) in [5.74, 6) is 0.583. The van der Waals surface area contributed by atoms with Gasteiger partial charge in [0.1, 0.15) is 0 Å². The first kappa shape index (κ1) is 24.7. The van der Waals surface area contributed by atoms with E-state index in [0.717, 1.165) is 30.5 Å². The number of methoxy groups -OCH3 is 2. The molecule has 2 amide bonds. The fourth-order valence-corrected chi connectivity index (χ4v) is 5.18. The highest BCUT2D eigenvalue weighted by Crippen LogP contribution is 2.31. The van der Waals surface area contributed by atoms with Gasteiger partial charge in [0.2, 0.25) is 0 Å². The number of benzene rings is 2. The van der Waals surface area contributed by atoms with Gasteiger partial charge in [0.25, 0.3) is 11.8 Å². The third kappa shape index (κ3) is 5.80. The van der Waals surface area contributed by atoms with Crippen LogP contribution in [0.4, 0.5) is 5.13 Å². The SMILES string of the molecule is COc1ccc(C(=O)NCc2cccc(C(=O)Nc3nc4c(s3)CC(N(C)C)CC4)c2)cc1OC. The molecule has 8 nitrogen and oxygen atoms in total. The minimum atomic E-state index is -0.245. The van der Waals surface area contributed by atoms with E-state index in [1.54, 1.807) is 54.8 Å². The van der Waals surface area contributed by atoms with Crippen molar-refractivity contribution < 1.29 is 19.1 Å². The summed E-state index contributed by atoms with van der Waals surface area (Å²) in [6.07, 6.45) is 2.97. The first-order chi connectivity index (χ1) is 16.9. The van der Waals surface area contributed by atoms with Crippen LogP contribution in [0.1, 0.15) is 43.3 Å². The van der Waals surface area contributed by atoms with Gasteiger partial charge in [0, 0.05) is 28.6 Å². The van der Waals surface area contributed by atoms with Crippen LogP contribution in [-0.2, 0) is 19.4 Å². The molecule has 2 aromatic carbocycles. The number of hydrogen-bond donors (Lipinski definition) is 2. The molecule has 35 heavy (non-hydrogen) atoms.